The number of thiophene rings is 1. The van der Waals surface area contributed by atoms with Crippen molar-refractivity contribution in [2.24, 2.45) is 0 Å². The zero-order valence-electron chi connectivity index (χ0n) is 32.3. The van der Waals surface area contributed by atoms with Crippen molar-refractivity contribution in [3.05, 3.63) is 205 Å². The van der Waals surface area contributed by atoms with Crippen LogP contribution in [0.1, 0.15) is 25.0 Å². The molecule has 0 spiro atoms. The fourth-order valence-corrected chi connectivity index (χ4v) is 11.1. The summed E-state index contributed by atoms with van der Waals surface area (Å²) in [5.74, 6) is 0. The number of nitrogens with zero attached hydrogens (tertiary/aromatic N) is 2. The molecule has 1 aliphatic rings. The van der Waals surface area contributed by atoms with E-state index in [1.807, 2.05) is 11.3 Å². The van der Waals surface area contributed by atoms with Crippen molar-refractivity contribution in [2.45, 2.75) is 19.3 Å². The highest BCUT2D eigenvalue weighted by molar-refractivity contribution is 7.27. The molecule has 11 aromatic rings. The molecule has 2 heterocycles. The number of para-hydroxylation sites is 1. The number of fused-ring (bicyclic) bond motifs is 13. The van der Waals surface area contributed by atoms with Gasteiger partial charge in [-0.05, 0) is 105 Å². The second-order valence-corrected chi connectivity index (χ2v) is 17.1. The molecule has 0 saturated heterocycles. The molecule has 274 valence electrons. The molecule has 9 aromatic carbocycles. The Morgan fingerprint density at radius 2 is 1.05 bits per heavy atom. The van der Waals surface area contributed by atoms with E-state index < -0.39 is 0 Å². The molecule has 0 saturated carbocycles. The molecule has 1 aliphatic carbocycles. The van der Waals surface area contributed by atoms with E-state index in [1.165, 1.54) is 86.1 Å². The Bertz CT molecular complexity index is 3410. The highest BCUT2D eigenvalue weighted by Crippen LogP contribution is 2.52. The lowest BCUT2D eigenvalue weighted by Gasteiger charge is -2.28. The van der Waals surface area contributed by atoms with Crippen molar-refractivity contribution in [3.8, 4) is 27.9 Å². The first-order chi connectivity index (χ1) is 28.5. The van der Waals surface area contributed by atoms with Crippen LogP contribution < -0.4 is 4.90 Å². The molecule has 0 N–H and O–H groups in total. The van der Waals surface area contributed by atoms with Crippen molar-refractivity contribution in [1.29, 1.82) is 0 Å². The van der Waals surface area contributed by atoms with E-state index in [1.54, 1.807) is 0 Å². The summed E-state index contributed by atoms with van der Waals surface area (Å²) < 4.78 is 5.15. The SMILES string of the molecule is CC1(C)c2ccccc2-c2ccc(N(c3ccccc3)c3ccc4c(c3)c3c5ccccc5c5c6ccccc6sc5c3n4-c3ccc(-c4ccccc4)cc3)cc21. The molecular weight excluding hydrogens is 721 g/mol. The summed E-state index contributed by atoms with van der Waals surface area (Å²) >= 11 is 1.91. The topological polar surface area (TPSA) is 8.17 Å². The standard InChI is InChI=1S/C55H38N2S/c1-55(2)47-23-13-11-19-41(47)42-31-29-40(34-48(42)55)56(37-17-7-4-8-18-37)39-30-32-49-46(33-39)51-43-20-9-10-21-44(43)52-45-22-12-14-24-50(45)58-54(52)53(51)57(49)38-27-25-36(26-28-38)35-15-5-3-6-16-35/h3-34H,1-2H3. The zero-order chi connectivity index (χ0) is 38.5. The van der Waals surface area contributed by atoms with Gasteiger partial charge >= 0.3 is 0 Å². The summed E-state index contributed by atoms with van der Waals surface area (Å²) in [6.45, 7) is 4.73. The zero-order valence-corrected chi connectivity index (χ0v) is 33.1. The maximum Gasteiger partial charge on any atom is 0.0726 e. The van der Waals surface area contributed by atoms with Gasteiger partial charge in [0, 0.05) is 54.4 Å². The summed E-state index contributed by atoms with van der Waals surface area (Å²) in [5, 5.41) is 7.75. The predicted molar refractivity (Wildman–Crippen MR) is 249 cm³/mol. The number of benzene rings is 9. The van der Waals surface area contributed by atoms with E-state index in [4.69, 9.17) is 0 Å². The third kappa shape index (κ3) is 4.77. The largest absolute Gasteiger partial charge is 0.310 e. The van der Waals surface area contributed by atoms with E-state index in [-0.39, 0.29) is 5.41 Å². The lowest BCUT2D eigenvalue weighted by molar-refractivity contribution is 0.660. The van der Waals surface area contributed by atoms with Crippen LogP contribution >= 0.6 is 11.3 Å². The van der Waals surface area contributed by atoms with Gasteiger partial charge in [-0.25, -0.2) is 0 Å². The summed E-state index contributed by atoms with van der Waals surface area (Å²) in [4.78, 5) is 2.44. The third-order valence-electron chi connectivity index (χ3n) is 12.6. The fraction of sp³-hybridized carbons (Fsp3) is 0.0545. The Balaban J connectivity index is 1.15. The Morgan fingerprint density at radius 3 is 1.84 bits per heavy atom. The number of hydrogen-bond acceptors (Lipinski definition) is 2. The van der Waals surface area contributed by atoms with Crippen LogP contribution in [0.4, 0.5) is 17.1 Å². The van der Waals surface area contributed by atoms with Gasteiger partial charge in [0.1, 0.15) is 0 Å². The molecular formula is C55H38N2S. The molecule has 2 nitrogen and oxygen atoms in total. The van der Waals surface area contributed by atoms with Crippen LogP contribution in [0.15, 0.2) is 194 Å². The van der Waals surface area contributed by atoms with Gasteiger partial charge < -0.3 is 9.47 Å². The van der Waals surface area contributed by atoms with Gasteiger partial charge in [-0.3, -0.25) is 0 Å². The summed E-state index contributed by atoms with van der Waals surface area (Å²) in [6.07, 6.45) is 0. The van der Waals surface area contributed by atoms with Crippen molar-refractivity contribution < 1.29 is 0 Å². The molecule has 0 fully saturated rings. The lowest BCUT2D eigenvalue weighted by atomic mass is 9.82. The Hall–Kier alpha value is -6.94. The van der Waals surface area contributed by atoms with Crippen LogP contribution in [0, 0.1) is 0 Å². The van der Waals surface area contributed by atoms with Gasteiger partial charge in [0.05, 0.1) is 15.7 Å². The Labute approximate surface area is 341 Å². The molecule has 0 radical (unpaired) electrons. The summed E-state index contributed by atoms with van der Waals surface area (Å²) in [6, 6.07) is 71.7. The lowest BCUT2D eigenvalue weighted by Crippen LogP contribution is -2.16. The normalized spacial score (nSPS) is 13.1. The van der Waals surface area contributed by atoms with Gasteiger partial charge in [0.2, 0.25) is 0 Å². The molecule has 2 aromatic heterocycles. The Kier molecular flexibility index (Phi) is 7.18. The molecule has 12 rings (SSSR count). The van der Waals surface area contributed by atoms with Crippen LogP contribution in [-0.2, 0) is 5.41 Å². The predicted octanol–water partition coefficient (Wildman–Crippen LogP) is 15.7. The van der Waals surface area contributed by atoms with E-state index in [9.17, 15) is 0 Å². The van der Waals surface area contributed by atoms with E-state index in [0.717, 1.165) is 22.7 Å². The quantitative estimate of drug-likeness (QED) is 0.170. The maximum atomic E-state index is 2.52. The molecule has 3 heteroatoms. The van der Waals surface area contributed by atoms with Crippen molar-refractivity contribution in [2.75, 3.05) is 4.90 Å². The average Bonchev–Trinajstić information content (AvgIpc) is 3.91. The number of anilines is 3. The van der Waals surface area contributed by atoms with E-state index >= 15 is 0 Å². The highest BCUT2D eigenvalue weighted by atomic mass is 32.1. The number of rotatable bonds is 5. The average molecular weight is 759 g/mol. The minimum Gasteiger partial charge on any atom is -0.310 e. The van der Waals surface area contributed by atoms with Gasteiger partial charge in [0.25, 0.3) is 0 Å². The summed E-state index contributed by atoms with van der Waals surface area (Å²) in [7, 11) is 0. The van der Waals surface area contributed by atoms with Gasteiger partial charge in [-0.15, -0.1) is 11.3 Å². The maximum absolute atomic E-state index is 2.52. The monoisotopic (exact) mass is 758 g/mol. The van der Waals surface area contributed by atoms with Gasteiger partial charge in [-0.1, -0.05) is 147 Å². The van der Waals surface area contributed by atoms with Crippen LogP contribution in [0.3, 0.4) is 0 Å². The van der Waals surface area contributed by atoms with Crippen LogP contribution in [-0.4, -0.2) is 4.57 Å². The fourth-order valence-electron chi connectivity index (χ4n) is 9.86. The minimum atomic E-state index is -0.105. The van der Waals surface area contributed by atoms with Crippen molar-refractivity contribution in [3.63, 3.8) is 0 Å². The first-order valence-corrected chi connectivity index (χ1v) is 20.9. The van der Waals surface area contributed by atoms with Gasteiger partial charge in [0.15, 0.2) is 0 Å². The number of hydrogen-bond donors (Lipinski definition) is 0. The summed E-state index contributed by atoms with van der Waals surface area (Å²) in [5.41, 5.74) is 14.8. The van der Waals surface area contributed by atoms with Crippen LogP contribution in [0.5, 0.6) is 0 Å². The molecule has 0 amide bonds. The Morgan fingerprint density at radius 1 is 0.448 bits per heavy atom. The van der Waals surface area contributed by atoms with Crippen molar-refractivity contribution >= 4 is 81.1 Å². The third-order valence-corrected chi connectivity index (χ3v) is 13.7. The first kappa shape index (κ1) is 33.2. The molecule has 0 atom stereocenters. The second-order valence-electron chi connectivity index (χ2n) is 16.1. The molecule has 0 bridgehead atoms. The molecule has 0 unspecified atom stereocenters. The second kappa shape index (κ2) is 12.5. The van der Waals surface area contributed by atoms with Crippen LogP contribution in [0.25, 0.3) is 80.7 Å². The van der Waals surface area contributed by atoms with Crippen LogP contribution in [0.2, 0.25) is 0 Å². The highest BCUT2D eigenvalue weighted by Gasteiger charge is 2.36. The minimum absolute atomic E-state index is 0.105. The molecule has 0 aliphatic heterocycles. The smallest absolute Gasteiger partial charge is 0.0726 e. The van der Waals surface area contributed by atoms with Crippen molar-refractivity contribution in [1.82, 2.24) is 4.57 Å². The first-order valence-electron chi connectivity index (χ1n) is 20.1. The molecule has 58 heavy (non-hydrogen) atoms. The van der Waals surface area contributed by atoms with E-state index in [0.29, 0.717) is 0 Å². The van der Waals surface area contributed by atoms with E-state index in [2.05, 4.69) is 217 Å². The number of aromatic nitrogens is 1. The van der Waals surface area contributed by atoms with Gasteiger partial charge in [-0.2, -0.15) is 0 Å².